The second-order valence-electron chi connectivity index (χ2n) is 5.03. The number of ketones is 1. The summed E-state index contributed by atoms with van der Waals surface area (Å²) in [6.07, 6.45) is 3.61. The molecule has 4 nitrogen and oxygen atoms in total. The number of benzene rings is 1. The zero-order valence-corrected chi connectivity index (χ0v) is 12.4. The van der Waals surface area contributed by atoms with Gasteiger partial charge in [-0.3, -0.25) is 4.79 Å². The van der Waals surface area contributed by atoms with Gasteiger partial charge in [0.2, 0.25) is 0 Å². The topological polar surface area (TPSA) is 44.8 Å². The van der Waals surface area contributed by atoms with Crippen molar-refractivity contribution < 1.29 is 19.0 Å². The molecule has 0 radical (unpaired) electrons. The van der Waals surface area contributed by atoms with E-state index in [9.17, 15) is 4.79 Å². The highest BCUT2D eigenvalue weighted by molar-refractivity contribution is 6.05. The maximum atomic E-state index is 12.9. The first-order chi connectivity index (χ1) is 9.66. The zero-order chi connectivity index (χ0) is 14.6. The van der Waals surface area contributed by atoms with Crippen LogP contribution in [-0.2, 0) is 4.74 Å². The molecule has 0 saturated heterocycles. The molecule has 0 bridgehead atoms. The van der Waals surface area contributed by atoms with Gasteiger partial charge in [-0.15, -0.1) is 0 Å². The first-order valence-corrected chi connectivity index (χ1v) is 7.07. The summed E-state index contributed by atoms with van der Waals surface area (Å²) in [5, 5.41) is 0. The lowest BCUT2D eigenvalue weighted by molar-refractivity contribution is -0.0165. The highest BCUT2D eigenvalue weighted by atomic mass is 16.5. The molecule has 110 valence electrons. The molecule has 1 aromatic rings. The van der Waals surface area contributed by atoms with Gasteiger partial charge in [-0.25, -0.2) is 0 Å². The lowest BCUT2D eigenvalue weighted by atomic mass is 9.90. The van der Waals surface area contributed by atoms with E-state index in [-0.39, 0.29) is 5.78 Å². The summed E-state index contributed by atoms with van der Waals surface area (Å²) in [6, 6.07) is 5.29. The molecular formula is C16H22O4. The van der Waals surface area contributed by atoms with Gasteiger partial charge >= 0.3 is 0 Å². The Morgan fingerprint density at radius 3 is 2.45 bits per heavy atom. The van der Waals surface area contributed by atoms with Crippen molar-refractivity contribution >= 4 is 5.78 Å². The van der Waals surface area contributed by atoms with Gasteiger partial charge in [-0.1, -0.05) is 0 Å². The van der Waals surface area contributed by atoms with Crippen LogP contribution in [0.15, 0.2) is 18.2 Å². The van der Waals surface area contributed by atoms with E-state index in [4.69, 9.17) is 14.2 Å². The van der Waals surface area contributed by atoms with Crippen molar-refractivity contribution in [1.29, 1.82) is 0 Å². The average Bonchev–Trinajstić information content (AvgIpc) is 2.96. The third-order valence-electron chi connectivity index (χ3n) is 3.90. The third-order valence-corrected chi connectivity index (χ3v) is 3.90. The Morgan fingerprint density at radius 1 is 1.20 bits per heavy atom. The number of Topliss-reactive ketones (excluding diaryl/α,β-unsaturated/α-hetero) is 1. The SMILES string of the molecule is CCOC1(C(=O)c2cc(OC)ccc2OC)CCCC1. The summed E-state index contributed by atoms with van der Waals surface area (Å²) in [5.74, 6) is 1.23. The molecule has 2 rings (SSSR count). The van der Waals surface area contributed by atoms with E-state index in [0.29, 0.717) is 23.7 Å². The van der Waals surface area contributed by atoms with Crippen molar-refractivity contribution in [3.05, 3.63) is 23.8 Å². The van der Waals surface area contributed by atoms with Gasteiger partial charge in [-0.05, 0) is 50.8 Å². The second kappa shape index (κ2) is 6.27. The normalized spacial score (nSPS) is 16.9. The van der Waals surface area contributed by atoms with Crippen molar-refractivity contribution in [3.8, 4) is 11.5 Å². The Balaban J connectivity index is 2.40. The van der Waals surface area contributed by atoms with Gasteiger partial charge in [0.25, 0.3) is 0 Å². The van der Waals surface area contributed by atoms with Gasteiger partial charge in [0.1, 0.15) is 17.1 Å². The largest absolute Gasteiger partial charge is 0.497 e. The molecule has 0 aliphatic heterocycles. The monoisotopic (exact) mass is 278 g/mol. The molecule has 1 aliphatic carbocycles. The van der Waals surface area contributed by atoms with E-state index in [0.717, 1.165) is 25.7 Å². The molecule has 0 aromatic heterocycles. The number of hydrogen-bond donors (Lipinski definition) is 0. The number of carbonyl (C=O) groups excluding carboxylic acids is 1. The quantitative estimate of drug-likeness (QED) is 0.749. The highest BCUT2D eigenvalue weighted by Gasteiger charge is 2.43. The maximum Gasteiger partial charge on any atom is 0.198 e. The average molecular weight is 278 g/mol. The molecule has 0 amide bonds. The fourth-order valence-electron chi connectivity index (χ4n) is 2.90. The van der Waals surface area contributed by atoms with Crippen LogP contribution in [0, 0.1) is 0 Å². The van der Waals surface area contributed by atoms with Gasteiger partial charge in [0.05, 0.1) is 19.8 Å². The Morgan fingerprint density at radius 2 is 1.90 bits per heavy atom. The van der Waals surface area contributed by atoms with Crippen molar-refractivity contribution in [1.82, 2.24) is 0 Å². The zero-order valence-electron chi connectivity index (χ0n) is 12.4. The van der Waals surface area contributed by atoms with Gasteiger partial charge in [-0.2, -0.15) is 0 Å². The minimum atomic E-state index is -0.686. The minimum Gasteiger partial charge on any atom is -0.497 e. The lowest BCUT2D eigenvalue weighted by Gasteiger charge is -2.28. The fraction of sp³-hybridized carbons (Fsp3) is 0.562. The molecule has 0 atom stereocenters. The summed E-state index contributed by atoms with van der Waals surface area (Å²) >= 11 is 0. The molecule has 0 N–H and O–H groups in total. The summed E-state index contributed by atoms with van der Waals surface area (Å²) in [6.45, 7) is 2.47. The summed E-state index contributed by atoms with van der Waals surface area (Å²) < 4.78 is 16.4. The number of rotatable bonds is 6. The van der Waals surface area contributed by atoms with Crippen LogP contribution in [0.5, 0.6) is 11.5 Å². The molecule has 0 unspecified atom stereocenters. The molecule has 20 heavy (non-hydrogen) atoms. The van der Waals surface area contributed by atoms with Crippen LogP contribution in [0.2, 0.25) is 0 Å². The van der Waals surface area contributed by atoms with Crippen molar-refractivity contribution in [2.75, 3.05) is 20.8 Å². The lowest BCUT2D eigenvalue weighted by Crippen LogP contribution is -2.39. The van der Waals surface area contributed by atoms with Crippen LogP contribution in [0.3, 0.4) is 0 Å². The smallest absolute Gasteiger partial charge is 0.198 e. The minimum absolute atomic E-state index is 0.00704. The van der Waals surface area contributed by atoms with E-state index in [1.165, 1.54) is 0 Å². The van der Waals surface area contributed by atoms with Crippen LogP contribution in [0.1, 0.15) is 43.0 Å². The van der Waals surface area contributed by atoms with Crippen LogP contribution in [-0.4, -0.2) is 32.2 Å². The Bertz CT molecular complexity index is 475. The molecule has 1 aliphatic rings. The van der Waals surface area contributed by atoms with Gasteiger partial charge < -0.3 is 14.2 Å². The number of hydrogen-bond acceptors (Lipinski definition) is 4. The first-order valence-electron chi connectivity index (χ1n) is 7.07. The van der Waals surface area contributed by atoms with Crippen LogP contribution < -0.4 is 9.47 Å². The fourth-order valence-corrected chi connectivity index (χ4v) is 2.90. The van der Waals surface area contributed by atoms with Gasteiger partial charge in [0.15, 0.2) is 5.78 Å². The van der Waals surface area contributed by atoms with Crippen LogP contribution >= 0.6 is 0 Å². The Kier molecular flexibility index (Phi) is 4.65. The molecule has 0 spiro atoms. The van der Waals surface area contributed by atoms with Crippen LogP contribution in [0.4, 0.5) is 0 Å². The second-order valence-corrected chi connectivity index (χ2v) is 5.03. The third kappa shape index (κ3) is 2.66. The number of ether oxygens (including phenoxy) is 3. The summed E-state index contributed by atoms with van der Waals surface area (Å²) in [5.41, 5.74) is -0.142. The van der Waals surface area contributed by atoms with Gasteiger partial charge in [0, 0.05) is 6.61 Å². The molecular weight excluding hydrogens is 256 g/mol. The van der Waals surface area contributed by atoms with E-state index in [1.807, 2.05) is 6.92 Å². The highest BCUT2D eigenvalue weighted by Crippen LogP contribution is 2.38. The molecule has 4 heteroatoms. The molecule has 0 heterocycles. The van der Waals surface area contributed by atoms with Crippen molar-refractivity contribution in [3.63, 3.8) is 0 Å². The number of methoxy groups -OCH3 is 2. The van der Waals surface area contributed by atoms with E-state index >= 15 is 0 Å². The van der Waals surface area contributed by atoms with Crippen LogP contribution in [0.25, 0.3) is 0 Å². The summed E-state index contributed by atoms with van der Waals surface area (Å²) in [7, 11) is 3.16. The van der Waals surface area contributed by atoms with E-state index < -0.39 is 5.60 Å². The predicted molar refractivity (Wildman–Crippen MR) is 76.7 cm³/mol. The molecule has 1 aromatic carbocycles. The van der Waals surface area contributed by atoms with E-state index in [1.54, 1.807) is 32.4 Å². The Hall–Kier alpha value is -1.55. The predicted octanol–water partition coefficient (Wildman–Crippen LogP) is 3.24. The number of carbonyl (C=O) groups is 1. The molecule has 1 fully saturated rings. The van der Waals surface area contributed by atoms with Crippen molar-refractivity contribution in [2.45, 2.75) is 38.2 Å². The standard InChI is InChI=1S/C16H22O4/c1-4-20-16(9-5-6-10-16)15(17)13-11-12(18-2)7-8-14(13)19-3/h7-8,11H,4-6,9-10H2,1-3H3. The summed E-state index contributed by atoms with van der Waals surface area (Å²) in [4.78, 5) is 12.9. The Labute approximate surface area is 120 Å². The molecule has 1 saturated carbocycles. The maximum absolute atomic E-state index is 12.9. The van der Waals surface area contributed by atoms with E-state index in [2.05, 4.69) is 0 Å². The first kappa shape index (κ1) is 14.9. The van der Waals surface area contributed by atoms with Crippen molar-refractivity contribution in [2.24, 2.45) is 0 Å².